The van der Waals surface area contributed by atoms with E-state index in [0.29, 0.717) is 5.41 Å². The van der Waals surface area contributed by atoms with Crippen LogP contribution >= 0.6 is 0 Å². The summed E-state index contributed by atoms with van der Waals surface area (Å²) >= 11 is 0. The quantitative estimate of drug-likeness (QED) is 0.389. The summed E-state index contributed by atoms with van der Waals surface area (Å²) in [6.07, 6.45) is 3.84. The van der Waals surface area contributed by atoms with Gasteiger partial charge in [-0.3, -0.25) is 11.3 Å². The predicted molar refractivity (Wildman–Crippen MR) is 56.3 cm³/mol. The van der Waals surface area contributed by atoms with Gasteiger partial charge in [0.2, 0.25) is 0 Å². The van der Waals surface area contributed by atoms with E-state index in [1.165, 1.54) is 32.5 Å². The summed E-state index contributed by atoms with van der Waals surface area (Å²) in [4.78, 5) is 2.54. The third-order valence-corrected chi connectivity index (χ3v) is 3.01. The molecule has 78 valence electrons. The first kappa shape index (κ1) is 11.0. The van der Waals surface area contributed by atoms with Crippen molar-refractivity contribution in [1.82, 2.24) is 10.3 Å². The Morgan fingerprint density at radius 1 is 1.31 bits per heavy atom. The summed E-state index contributed by atoms with van der Waals surface area (Å²) < 4.78 is 0. The van der Waals surface area contributed by atoms with Crippen LogP contribution in [0.5, 0.6) is 0 Å². The van der Waals surface area contributed by atoms with Gasteiger partial charge in [0.15, 0.2) is 0 Å². The Morgan fingerprint density at radius 2 is 1.92 bits per heavy atom. The third kappa shape index (κ3) is 4.07. The molecule has 3 heteroatoms. The molecule has 1 aliphatic rings. The largest absolute Gasteiger partial charge is 0.303 e. The highest BCUT2D eigenvalue weighted by Gasteiger charge is 2.24. The molecule has 0 unspecified atom stereocenters. The van der Waals surface area contributed by atoms with Crippen molar-refractivity contribution in [3.63, 3.8) is 0 Å². The van der Waals surface area contributed by atoms with Crippen LogP contribution in [-0.4, -0.2) is 31.1 Å². The molecule has 1 saturated heterocycles. The smallest absolute Gasteiger partial charge is 0.0110 e. The Hall–Kier alpha value is -0.120. The molecule has 0 amide bonds. The zero-order valence-corrected chi connectivity index (χ0v) is 8.97. The molecule has 0 radical (unpaired) electrons. The lowest BCUT2D eigenvalue weighted by Gasteiger charge is -2.36. The summed E-state index contributed by atoms with van der Waals surface area (Å²) in [6, 6.07) is 0. The van der Waals surface area contributed by atoms with Gasteiger partial charge in [-0.2, -0.15) is 0 Å². The fourth-order valence-electron chi connectivity index (χ4n) is 1.79. The summed E-state index contributed by atoms with van der Waals surface area (Å²) in [5.74, 6) is 5.22. The summed E-state index contributed by atoms with van der Waals surface area (Å²) in [5.41, 5.74) is 3.27. The van der Waals surface area contributed by atoms with Gasteiger partial charge in [0.1, 0.15) is 0 Å². The first-order chi connectivity index (χ1) is 6.14. The number of rotatable bonds is 4. The van der Waals surface area contributed by atoms with Gasteiger partial charge in [0.05, 0.1) is 0 Å². The summed E-state index contributed by atoms with van der Waals surface area (Å²) in [5, 5.41) is 0. The third-order valence-electron chi connectivity index (χ3n) is 3.01. The van der Waals surface area contributed by atoms with E-state index in [0.717, 1.165) is 13.0 Å². The lowest BCUT2D eigenvalue weighted by molar-refractivity contribution is 0.131. The lowest BCUT2D eigenvalue weighted by Crippen LogP contribution is -2.38. The maximum Gasteiger partial charge on any atom is 0.0110 e. The van der Waals surface area contributed by atoms with Crippen molar-refractivity contribution < 1.29 is 0 Å². The van der Waals surface area contributed by atoms with E-state index in [9.17, 15) is 0 Å². The van der Waals surface area contributed by atoms with E-state index in [1.807, 2.05) is 0 Å². The molecule has 3 nitrogen and oxygen atoms in total. The Morgan fingerprint density at radius 3 is 2.46 bits per heavy atom. The molecule has 3 N–H and O–H groups in total. The van der Waals surface area contributed by atoms with Crippen LogP contribution in [0.15, 0.2) is 0 Å². The molecule has 0 aromatic heterocycles. The van der Waals surface area contributed by atoms with Gasteiger partial charge in [-0.1, -0.05) is 13.8 Å². The van der Waals surface area contributed by atoms with Crippen molar-refractivity contribution in [2.75, 3.05) is 26.2 Å². The molecule has 0 saturated carbocycles. The maximum absolute atomic E-state index is 5.22. The van der Waals surface area contributed by atoms with E-state index in [2.05, 4.69) is 24.2 Å². The molecule has 0 aromatic rings. The van der Waals surface area contributed by atoms with Crippen molar-refractivity contribution >= 4 is 0 Å². The number of hydrazine groups is 1. The second-order valence-corrected chi connectivity index (χ2v) is 4.81. The van der Waals surface area contributed by atoms with Crippen LogP contribution < -0.4 is 11.3 Å². The highest BCUT2D eigenvalue weighted by atomic mass is 15.2. The van der Waals surface area contributed by atoms with Crippen LogP contribution in [0.25, 0.3) is 0 Å². The molecule has 1 rings (SSSR count). The number of piperidine rings is 1. The van der Waals surface area contributed by atoms with Crippen molar-refractivity contribution in [1.29, 1.82) is 0 Å². The Labute approximate surface area is 81.6 Å². The Bertz CT molecular complexity index is 135. The second kappa shape index (κ2) is 4.94. The zero-order valence-electron chi connectivity index (χ0n) is 8.97. The summed E-state index contributed by atoms with van der Waals surface area (Å²) in [6.45, 7) is 9.38. The van der Waals surface area contributed by atoms with E-state index in [-0.39, 0.29) is 0 Å². The van der Waals surface area contributed by atoms with Crippen molar-refractivity contribution in [3.05, 3.63) is 0 Å². The van der Waals surface area contributed by atoms with Gasteiger partial charge in [-0.05, 0) is 44.3 Å². The number of hydrogen-bond acceptors (Lipinski definition) is 3. The molecule has 1 heterocycles. The number of nitrogens with zero attached hydrogens (tertiary/aromatic N) is 1. The molecule has 0 aromatic carbocycles. The topological polar surface area (TPSA) is 41.3 Å². The molecular formula is C10H23N3. The minimum Gasteiger partial charge on any atom is -0.303 e. The monoisotopic (exact) mass is 185 g/mol. The fraction of sp³-hybridized carbons (Fsp3) is 1.00. The van der Waals surface area contributed by atoms with E-state index >= 15 is 0 Å². The molecule has 0 aliphatic carbocycles. The predicted octanol–water partition coefficient (Wildman–Crippen LogP) is 0.962. The first-order valence-electron chi connectivity index (χ1n) is 5.30. The molecule has 1 fully saturated rings. The van der Waals surface area contributed by atoms with Crippen LogP contribution in [0.1, 0.15) is 33.1 Å². The van der Waals surface area contributed by atoms with Gasteiger partial charge in [-0.15, -0.1) is 0 Å². The molecule has 0 spiro atoms. The van der Waals surface area contributed by atoms with Gasteiger partial charge < -0.3 is 4.90 Å². The average Bonchev–Trinajstić information content (AvgIpc) is 2.08. The molecule has 1 aliphatic heterocycles. The average molecular weight is 185 g/mol. The molecule has 0 atom stereocenters. The van der Waals surface area contributed by atoms with Gasteiger partial charge in [0, 0.05) is 6.54 Å². The van der Waals surface area contributed by atoms with Crippen molar-refractivity contribution in [2.45, 2.75) is 33.1 Å². The fourth-order valence-corrected chi connectivity index (χ4v) is 1.79. The van der Waals surface area contributed by atoms with Gasteiger partial charge >= 0.3 is 0 Å². The normalized spacial score (nSPS) is 23.3. The molecular weight excluding hydrogens is 162 g/mol. The van der Waals surface area contributed by atoms with Crippen LogP contribution in [0, 0.1) is 5.41 Å². The SMILES string of the molecule is CC1(C)CCN(CCCNN)CC1. The highest BCUT2D eigenvalue weighted by Crippen LogP contribution is 2.29. The molecule has 0 bridgehead atoms. The van der Waals surface area contributed by atoms with Crippen LogP contribution in [0.4, 0.5) is 0 Å². The Balaban J connectivity index is 2.11. The Kier molecular flexibility index (Phi) is 4.16. The number of nitrogens with two attached hydrogens (primary N) is 1. The van der Waals surface area contributed by atoms with Crippen molar-refractivity contribution in [2.24, 2.45) is 11.3 Å². The number of nitrogens with one attached hydrogen (secondary N) is 1. The minimum atomic E-state index is 0.572. The zero-order chi connectivity index (χ0) is 9.73. The van der Waals surface area contributed by atoms with E-state index < -0.39 is 0 Å². The minimum absolute atomic E-state index is 0.572. The van der Waals surface area contributed by atoms with Gasteiger partial charge in [-0.25, -0.2) is 0 Å². The highest BCUT2D eigenvalue weighted by molar-refractivity contribution is 4.78. The molecule has 13 heavy (non-hydrogen) atoms. The number of hydrogen-bond donors (Lipinski definition) is 2. The van der Waals surface area contributed by atoms with E-state index in [1.54, 1.807) is 0 Å². The standard InChI is InChI=1S/C10H23N3/c1-10(2)4-8-13(9-5-10)7-3-6-12-11/h12H,3-9,11H2,1-2H3. The first-order valence-corrected chi connectivity index (χ1v) is 5.30. The van der Waals surface area contributed by atoms with Gasteiger partial charge in [0.25, 0.3) is 0 Å². The summed E-state index contributed by atoms with van der Waals surface area (Å²) in [7, 11) is 0. The van der Waals surface area contributed by atoms with Crippen molar-refractivity contribution in [3.8, 4) is 0 Å². The maximum atomic E-state index is 5.22. The van der Waals surface area contributed by atoms with Crippen LogP contribution in [0.2, 0.25) is 0 Å². The number of likely N-dealkylation sites (tertiary alicyclic amines) is 1. The van der Waals surface area contributed by atoms with Crippen LogP contribution in [-0.2, 0) is 0 Å². The lowest BCUT2D eigenvalue weighted by atomic mass is 9.83. The van der Waals surface area contributed by atoms with Crippen LogP contribution in [0.3, 0.4) is 0 Å². The second-order valence-electron chi connectivity index (χ2n) is 4.81. The van der Waals surface area contributed by atoms with E-state index in [4.69, 9.17) is 5.84 Å².